The lowest BCUT2D eigenvalue weighted by Gasteiger charge is -2.09. The highest BCUT2D eigenvalue weighted by Crippen LogP contribution is 2.28. The Hall–Kier alpha value is -0.940. The topological polar surface area (TPSA) is 60.3 Å². The molecule has 0 saturated heterocycles. The summed E-state index contributed by atoms with van der Waals surface area (Å²) in [6.07, 6.45) is 13.4. The molecule has 1 fully saturated rings. The summed E-state index contributed by atoms with van der Waals surface area (Å²) in [5, 5.41) is 15.0. The molecule has 1 aromatic heterocycles. The molecule has 0 aromatic carbocycles. The van der Waals surface area contributed by atoms with Crippen LogP contribution in [0.15, 0.2) is 5.16 Å². The molecule has 0 amide bonds. The lowest BCUT2D eigenvalue weighted by molar-refractivity contribution is 0.333. The van der Waals surface area contributed by atoms with Crippen molar-refractivity contribution in [3.63, 3.8) is 0 Å². The lowest BCUT2D eigenvalue weighted by atomic mass is 10.00. The van der Waals surface area contributed by atoms with E-state index in [1.165, 1.54) is 44.9 Å². The zero-order valence-corrected chi connectivity index (χ0v) is 14.2. The standard InChI is InChI=1S/C15H22Cl2N4O/c16-14-13(15(17)19-21-18-14)22-20-12-10-8-6-4-2-1-3-5-7-9-11-12/h1-11H2. The van der Waals surface area contributed by atoms with Gasteiger partial charge in [-0.3, -0.25) is 0 Å². The van der Waals surface area contributed by atoms with Crippen molar-refractivity contribution in [1.29, 1.82) is 0 Å². The molecule has 1 saturated carbocycles. The summed E-state index contributed by atoms with van der Waals surface area (Å²) < 4.78 is 0. The van der Waals surface area contributed by atoms with E-state index >= 15 is 0 Å². The summed E-state index contributed by atoms with van der Waals surface area (Å²) in [5.74, 6) is 0.178. The van der Waals surface area contributed by atoms with Crippen molar-refractivity contribution >= 4 is 28.9 Å². The molecule has 0 radical (unpaired) electrons. The first-order valence-electron chi connectivity index (χ1n) is 8.04. The van der Waals surface area contributed by atoms with Crippen LogP contribution in [0.1, 0.15) is 70.6 Å². The van der Waals surface area contributed by atoms with Gasteiger partial charge in [0.15, 0.2) is 0 Å². The molecular formula is C15H22Cl2N4O. The van der Waals surface area contributed by atoms with Crippen molar-refractivity contribution < 1.29 is 4.84 Å². The van der Waals surface area contributed by atoms with Crippen molar-refractivity contribution in [3.05, 3.63) is 10.3 Å². The monoisotopic (exact) mass is 344 g/mol. The van der Waals surface area contributed by atoms with Gasteiger partial charge in [0.05, 0.1) is 5.71 Å². The molecule has 1 aromatic rings. The predicted molar refractivity (Wildman–Crippen MR) is 88.7 cm³/mol. The molecule has 1 aliphatic rings. The van der Waals surface area contributed by atoms with E-state index in [-0.39, 0.29) is 16.1 Å². The molecule has 7 heteroatoms. The molecule has 2 rings (SSSR count). The minimum atomic E-state index is 0.0810. The number of aromatic nitrogens is 3. The predicted octanol–water partition coefficient (Wildman–Crippen LogP) is 5.22. The zero-order valence-electron chi connectivity index (χ0n) is 12.7. The second kappa shape index (κ2) is 9.95. The molecule has 1 heterocycles. The van der Waals surface area contributed by atoms with Crippen LogP contribution < -0.4 is 4.84 Å². The van der Waals surface area contributed by atoms with Crippen molar-refractivity contribution in [1.82, 2.24) is 15.4 Å². The molecule has 122 valence electrons. The Bertz CT molecular complexity index is 462. The Labute approximate surface area is 141 Å². The number of rotatable bonds is 2. The molecule has 0 atom stereocenters. The highest BCUT2D eigenvalue weighted by Gasteiger charge is 2.12. The third-order valence-corrected chi connectivity index (χ3v) is 4.33. The Morgan fingerprint density at radius 2 is 1.18 bits per heavy atom. The average molecular weight is 345 g/mol. The molecule has 22 heavy (non-hydrogen) atoms. The molecule has 5 nitrogen and oxygen atoms in total. The Kier molecular flexibility index (Phi) is 7.88. The van der Waals surface area contributed by atoms with Crippen LogP contribution >= 0.6 is 23.2 Å². The van der Waals surface area contributed by atoms with Crippen molar-refractivity contribution in [2.24, 2.45) is 5.16 Å². The van der Waals surface area contributed by atoms with E-state index < -0.39 is 0 Å². The second-order valence-corrected chi connectivity index (χ2v) is 6.35. The van der Waals surface area contributed by atoms with Gasteiger partial charge in [0.1, 0.15) is 0 Å². The molecule has 0 N–H and O–H groups in total. The third-order valence-electron chi connectivity index (χ3n) is 3.84. The van der Waals surface area contributed by atoms with Crippen LogP contribution in [0.4, 0.5) is 0 Å². The van der Waals surface area contributed by atoms with Gasteiger partial charge in [-0.1, -0.05) is 73.3 Å². The van der Waals surface area contributed by atoms with Gasteiger partial charge in [-0.2, -0.15) is 0 Å². The fraction of sp³-hybridized carbons (Fsp3) is 0.733. The highest BCUT2D eigenvalue weighted by molar-refractivity contribution is 6.35. The second-order valence-electron chi connectivity index (χ2n) is 5.63. The van der Waals surface area contributed by atoms with Gasteiger partial charge in [-0.05, 0) is 30.9 Å². The normalized spacial score (nSPS) is 18.2. The number of nitrogens with zero attached hydrogens (tertiary/aromatic N) is 4. The number of hydrogen-bond donors (Lipinski definition) is 0. The minimum Gasteiger partial charge on any atom is -0.350 e. The maximum Gasteiger partial charge on any atom is 0.236 e. The van der Waals surface area contributed by atoms with Crippen LogP contribution in [0.25, 0.3) is 0 Å². The first-order chi connectivity index (χ1) is 10.8. The van der Waals surface area contributed by atoms with E-state index in [0.29, 0.717) is 0 Å². The van der Waals surface area contributed by atoms with E-state index in [2.05, 4.69) is 20.6 Å². The van der Waals surface area contributed by atoms with E-state index in [4.69, 9.17) is 28.0 Å². The van der Waals surface area contributed by atoms with E-state index in [0.717, 1.165) is 31.4 Å². The van der Waals surface area contributed by atoms with Crippen LogP contribution in [-0.4, -0.2) is 21.1 Å². The van der Waals surface area contributed by atoms with E-state index in [1.54, 1.807) is 0 Å². The molecule has 0 bridgehead atoms. The van der Waals surface area contributed by atoms with Gasteiger partial charge < -0.3 is 4.84 Å². The maximum absolute atomic E-state index is 5.90. The Morgan fingerprint density at radius 3 is 1.68 bits per heavy atom. The highest BCUT2D eigenvalue weighted by atomic mass is 35.5. The fourth-order valence-electron chi connectivity index (χ4n) is 2.57. The summed E-state index contributed by atoms with van der Waals surface area (Å²) in [4.78, 5) is 5.39. The first-order valence-corrected chi connectivity index (χ1v) is 8.80. The molecule has 1 aliphatic carbocycles. The quantitative estimate of drug-likeness (QED) is 0.690. The van der Waals surface area contributed by atoms with Crippen molar-refractivity contribution in [2.45, 2.75) is 70.6 Å². The first kappa shape index (κ1) is 17.4. The fourth-order valence-corrected chi connectivity index (χ4v) is 2.94. The zero-order chi connectivity index (χ0) is 15.6. The van der Waals surface area contributed by atoms with Crippen LogP contribution in [0.3, 0.4) is 0 Å². The number of oxime groups is 1. The van der Waals surface area contributed by atoms with Crippen molar-refractivity contribution in [2.75, 3.05) is 0 Å². The number of hydrogen-bond acceptors (Lipinski definition) is 5. The van der Waals surface area contributed by atoms with Crippen LogP contribution in [-0.2, 0) is 0 Å². The van der Waals surface area contributed by atoms with Gasteiger partial charge in [0.2, 0.25) is 16.1 Å². The minimum absolute atomic E-state index is 0.0810. The van der Waals surface area contributed by atoms with Gasteiger partial charge in [0.25, 0.3) is 0 Å². The SMILES string of the molecule is Clc1nnnc(Cl)c1ON=C1CCCCCCCCCCC1. The van der Waals surface area contributed by atoms with Crippen molar-refractivity contribution in [3.8, 4) is 5.75 Å². The third kappa shape index (κ3) is 6.05. The Balaban J connectivity index is 1.96. The van der Waals surface area contributed by atoms with Crippen LogP contribution in [0.2, 0.25) is 10.3 Å². The van der Waals surface area contributed by atoms with Gasteiger partial charge in [0, 0.05) is 0 Å². The smallest absolute Gasteiger partial charge is 0.236 e. The molecule has 0 spiro atoms. The summed E-state index contributed by atoms with van der Waals surface area (Å²) >= 11 is 11.8. The molecule has 0 unspecified atom stereocenters. The number of halogens is 2. The van der Waals surface area contributed by atoms with E-state index in [1.807, 2.05) is 0 Å². The molecular weight excluding hydrogens is 323 g/mol. The van der Waals surface area contributed by atoms with E-state index in [9.17, 15) is 0 Å². The summed E-state index contributed by atoms with van der Waals surface area (Å²) in [6, 6.07) is 0. The summed E-state index contributed by atoms with van der Waals surface area (Å²) in [6.45, 7) is 0. The summed E-state index contributed by atoms with van der Waals surface area (Å²) in [7, 11) is 0. The Morgan fingerprint density at radius 1 is 0.727 bits per heavy atom. The van der Waals surface area contributed by atoms with Gasteiger partial charge >= 0.3 is 0 Å². The van der Waals surface area contributed by atoms with Crippen LogP contribution in [0, 0.1) is 0 Å². The summed E-state index contributed by atoms with van der Waals surface area (Å²) in [5.41, 5.74) is 1.06. The average Bonchev–Trinajstić information content (AvgIpc) is 2.49. The van der Waals surface area contributed by atoms with Crippen LogP contribution in [0.5, 0.6) is 5.75 Å². The maximum atomic E-state index is 5.90. The largest absolute Gasteiger partial charge is 0.350 e. The lowest BCUT2D eigenvalue weighted by Crippen LogP contribution is -2.03. The van der Waals surface area contributed by atoms with Gasteiger partial charge in [-0.25, -0.2) is 0 Å². The van der Waals surface area contributed by atoms with Gasteiger partial charge in [-0.15, -0.1) is 10.2 Å². The molecule has 0 aliphatic heterocycles.